The van der Waals surface area contributed by atoms with Gasteiger partial charge in [0.2, 0.25) is 0 Å². The number of methoxy groups -OCH3 is 2. The van der Waals surface area contributed by atoms with Crippen molar-refractivity contribution in [1.82, 2.24) is 5.32 Å². The number of hydrogen-bond donors (Lipinski definition) is 1. The lowest BCUT2D eigenvalue weighted by Gasteiger charge is -2.08. The summed E-state index contributed by atoms with van der Waals surface area (Å²) in [5.74, 6) is 0.675. The molecular formula is C21H23NO4. The monoisotopic (exact) mass is 353 g/mol. The van der Waals surface area contributed by atoms with Crippen LogP contribution >= 0.6 is 0 Å². The number of ether oxygens (including phenoxy) is 2. The molecule has 0 aliphatic carbocycles. The molecule has 0 bridgehead atoms. The molecule has 1 heterocycles. The van der Waals surface area contributed by atoms with Crippen molar-refractivity contribution in [3.8, 4) is 16.9 Å². The Morgan fingerprint density at radius 3 is 2.73 bits per heavy atom. The summed E-state index contributed by atoms with van der Waals surface area (Å²) in [6, 6.07) is 11.6. The molecule has 0 saturated carbocycles. The van der Waals surface area contributed by atoms with Crippen molar-refractivity contribution in [2.45, 2.75) is 13.3 Å². The topological polar surface area (TPSA) is 60.7 Å². The van der Waals surface area contributed by atoms with Crippen LogP contribution in [0.25, 0.3) is 22.1 Å². The molecule has 0 aliphatic heterocycles. The van der Waals surface area contributed by atoms with E-state index in [-0.39, 0.29) is 5.91 Å². The Morgan fingerprint density at radius 1 is 1.15 bits per heavy atom. The van der Waals surface area contributed by atoms with Gasteiger partial charge in [-0.15, -0.1) is 0 Å². The van der Waals surface area contributed by atoms with Gasteiger partial charge in [-0.1, -0.05) is 18.2 Å². The van der Waals surface area contributed by atoms with E-state index in [0.29, 0.717) is 24.3 Å². The van der Waals surface area contributed by atoms with E-state index in [0.717, 1.165) is 34.2 Å². The van der Waals surface area contributed by atoms with Gasteiger partial charge in [0.25, 0.3) is 5.91 Å². The molecule has 26 heavy (non-hydrogen) atoms. The number of furan rings is 1. The number of carbonyl (C=O) groups excluding carboxylic acids is 1. The van der Waals surface area contributed by atoms with Crippen molar-refractivity contribution in [3.05, 3.63) is 53.8 Å². The van der Waals surface area contributed by atoms with Crippen LogP contribution in [0.1, 0.15) is 22.3 Å². The van der Waals surface area contributed by atoms with E-state index in [1.54, 1.807) is 26.5 Å². The van der Waals surface area contributed by atoms with Crippen molar-refractivity contribution in [1.29, 1.82) is 0 Å². The predicted molar refractivity (Wildman–Crippen MR) is 102 cm³/mol. The van der Waals surface area contributed by atoms with E-state index in [1.807, 2.05) is 37.3 Å². The summed E-state index contributed by atoms with van der Waals surface area (Å²) in [5, 5.41) is 3.83. The number of benzene rings is 2. The SMILES string of the molecule is COCCCNC(=O)c1cccc2c(-c3ccc(OC)cc3C)coc12. The van der Waals surface area contributed by atoms with E-state index in [4.69, 9.17) is 13.9 Å². The smallest absolute Gasteiger partial charge is 0.255 e. The van der Waals surface area contributed by atoms with Gasteiger partial charge in [-0.3, -0.25) is 4.79 Å². The van der Waals surface area contributed by atoms with Gasteiger partial charge < -0.3 is 19.2 Å². The average molecular weight is 353 g/mol. The largest absolute Gasteiger partial charge is 0.497 e. The van der Waals surface area contributed by atoms with Crippen LogP contribution in [0.3, 0.4) is 0 Å². The van der Waals surface area contributed by atoms with Crippen molar-refractivity contribution < 1.29 is 18.7 Å². The Labute approximate surface area is 152 Å². The quantitative estimate of drug-likeness (QED) is 0.647. The van der Waals surface area contributed by atoms with Crippen molar-refractivity contribution >= 4 is 16.9 Å². The number of carbonyl (C=O) groups is 1. The minimum atomic E-state index is -0.140. The van der Waals surface area contributed by atoms with Gasteiger partial charge in [0.1, 0.15) is 11.3 Å². The highest BCUT2D eigenvalue weighted by molar-refractivity contribution is 6.08. The van der Waals surface area contributed by atoms with Gasteiger partial charge in [0.15, 0.2) is 0 Å². The molecule has 0 spiro atoms. The molecule has 1 aromatic heterocycles. The van der Waals surface area contributed by atoms with Gasteiger partial charge in [0.05, 0.1) is 18.9 Å². The Bertz CT molecular complexity index is 914. The van der Waals surface area contributed by atoms with E-state index in [2.05, 4.69) is 5.32 Å². The lowest BCUT2D eigenvalue weighted by Crippen LogP contribution is -2.25. The number of hydrogen-bond acceptors (Lipinski definition) is 4. The summed E-state index contributed by atoms with van der Waals surface area (Å²) in [7, 11) is 3.30. The molecule has 0 atom stereocenters. The maximum atomic E-state index is 12.5. The number of aryl methyl sites for hydroxylation is 1. The Morgan fingerprint density at radius 2 is 2.00 bits per heavy atom. The van der Waals surface area contributed by atoms with Gasteiger partial charge in [-0.2, -0.15) is 0 Å². The fourth-order valence-corrected chi connectivity index (χ4v) is 3.02. The molecule has 0 unspecified atom stereocenters. The van der Waals surface area contributed by atoms with Gasteiger partial charge >= 0.3 is 0 Å². The third-order valence-electron chi connectivity index (χ3n) is 4.38. The van der Waals surface area contributed by atoms with E-state index in [1.165, 1.54) is 0 Å². The number of amides is 1. The van der Waals surface area contributed by atoms with Gasteiger partial charge in [-0.05, 0) is 42.7 Å². The molecule has 0 fully saturated rings. The highest BCUT2D eigenvalue weighted by Crippen LogP contribution is 2.35. The molecule has 3 aromatic rings. The molecule has 0 aliphatic rings. The zero-order valence-corrected chi connectivity index (χ0v) is 15.3. The van der Waals surface area contributed by atoms with Gasteiger partial charge in [-0.25, -0.2) is 0 Å². The number of rotatable bonds is 7. The Hall–Kier alpha value is -2.79. The Balaban J connectivity index is 1.93. The van der Waals surface area contributed by atoms with E-state index in [9.17, 15) is 4.79 Å². The first-order valence-electron chi connectivity index (χ1n) is 8.58. The van der Waals surface area contributed by atoms with E-state index < -0.39 is 0 Å². The van der Waals surface area contributed by atoms with Crippen LogP contribution in [0.4, 0.5) is 0 Å². The standard InChI is InChI=1S/C21H23NO4/c1-14-12-15(25-3)8-9-16(14)19-13-26-20-17(19)6-4-7-18(20)21(23)22-10-5-11-24-2/h4,6-9,12-13H,5,10-11H2,1-3H3,(H,22,23). The normalized spacial score (nSPS) is 10.9. The highest BCUT2D eigenvalue weighted by atomic mass is 16.5. The molecule has 136 valence electrons. The number of para-hydroxylation sites is 1. The fraction of sp³-hybridized carbons (Fsp3) is 0.286. The minimum Gasteiger partial charge on any atom is -0.497 e. The zero-order chi connectivity index (χ0) is 18.5. The molecule has 2 aromatic carbocycles. The molecule has 1 amide bonds. The van der Waals surface area contributed by atoms with Gasteiger partial charge in [0, 0.05) is 31.2 Å². The Kier molecular flexibility index (Phi) is 5.58. The van der Waals surface area contributed by atoms with Crippen LogP contribution in [-0.2, 0) is 4.74 Å². The third kappa shape index (κ3) is 3.58. The molecule has 1 N–H and O–H groups in total. The maximum absolute atomic E-state index is 12.5. The van der Waals surface area contributed by atoms with Crippen LogP contribution in [0.15, 0.2) is 47.1 Å². The summed E-state index contributed by atoms with van der Waals surface area (Å²) in [6.45, 7) is 3.21. The second-order valence-electron chi connectivity index (χ2n) is 6.11. The van der Waals surface area contributed by atoms with Crippen molar-refractivity contribution in [2.75, 3.05) is 27.4 Å². The number of fused-ring (bicyclic) bond motifs is 1. The summed E-state index contributed by atoms with van der Waals surface area (Å²) >= 11 is 0. The van der Waals surface area contributed by atoms with Crippen LogP contribution in [0, 0.1) is 6.92 Å². The fourth-order valence-electron chi connectivity index (χ4n) is 3.02. The second-order valence-corrected chi connectivity index (χ2v) is 6.11. The van der Waals surface area contributed by atoms with Crippen LogP contribution in [0.2, 0.25) is 0 Å². The first kappa shape index (κ1) is 18.0. The third-order valence-corrected chi connectivity index (χ3v) is 4.38. The first-order valence-corrected chi connectivity index (χ1v) is 8.58. The lowest BCUT2D eigenvalue weighted by molar-refractivity contribution is 0.0949. The average Bonchev–Trinajstić information content (AvgIpc) is 3.08. The molecule has 5 heteroatoms. The molecule has 0 radical (unpaired) electrons. The first-order chi connectivity index (χ1) is 12.7. The second kappa shape index (κ2) is 8.06. The van der Waals surface area contributed by atoms with Crippen LogP contribution in [0.5, 0.6) is 5.75 Å². The number of nitrogens with one attached hydrogen (secondary N) is 1. The van der Waals surface area contributed by atoms with Crippen LogP contribution in [-0.4, -0.2) is 33.3 Å². The summed E-state index contributed by atoms with van der Waals surface area (Å²) < 4.78 is 16.1. The molecule has 0 saturated heterocycles. The van der Waals surface area contributed by atoms with Crippen LogP contribution < -0.4 is 10.1 Å². The van der Waals surface area contributed by atoms with Crippen molar-refractivity contribution in [3.63, 3.8) is 0 Å². The summed E-state index contributed by atoms with van der Waals surface area (Å²) in [6.07, 6.45) is 2.48. The lowest BCUT2D eigenvalue weighted by atomic mass is 9.98. The molecule has 3 rings (SSSR count). The summed E-state index contributed by atoms with van der Waals surface area (Å²) in [4.78, 5) is 12.5. The maximum Gasteiger partial charge on any atom is 0.255 e. The molecular weight excluding hydrogens is 330 g/mol. The van der Waals surface area contributed by atoms with Crippen molar-refractivity contribution in [2.24, 2.45) is 0 Å². The zero-order valence-electron chi connectivity index (χ0n) is 15.3. The van der Waals surface area contributed by atoms with E-state index >= 15 is 0 Å². The highest BCUT2D eigenvalue weighted by Gasteiger charge is 2.17. The summed E-state index contributed by atoms with van der Waals surface area (Å²) in [5.41, 5.74) is 4.25. The predicted octanol–water partition coefficient (Wildman–Crippen LogP) is 4.18. The molecule has 5 nitrogen and oxygen atoms in total. The minimum absolute atomic E-state index is 0.140.